The number of aromatic nitrogens is 1. The van der Waals surface area contributed by atoms with Gasteiger partial charge in [-0.05, 0) is 15.9 Å². The van der Waals surface area contributed by atoms with Gasteiger partial charge in [-0.3, -0.25) is 0 Å². The number of methoxy groups -OCH3 is 1. The average molecular weight is 317 g/mol. The molecule has 16 heavy (non-hydrogen) atoms. The van der Waals surface area contributed by atoms with Gasteiger partial charge in [-0.15, -0.1) is 0 Å². The van der Waals surface area contributed by atoms with Crippen molar-refractivity contribution in [2.75, 3.05) is 7.11 Å². The second-order valence-electron chi connectivity index (χ2n) is 2.71. The molecule has 90 valence electrons. The maximum atomic E-state index is 12.4. The van der Waals surface area contributed by atoms with Gasteiger partial charge >= 0.3 is 0 Å². The number of primary sulfonamides is 1. The lowest BCUT2D eigenvalue weighted by Crippen LogP contribution is -2.16. The van der Waals surface area contributed by atoms with Gasteiger partial charge in [0.15, 0.2) is 5.03 Å². The summed E-state index contributed by atoms with van der Waals surface area (Å²) in [5, 5.41) is 4.15. The fourth-order valence-electron chi connectivity index (χ4n) is 0.951. The van der Waals surface area contributed by atoms with Gasteiger partial charge in [0.05, 0.1) is 11.6 Å². The summed E-state index contributed by atoms with van der Waals surface area (Å²) in [6.45, 7) is 0. The van der Waals surface area contributed by atoms with Gasteiger partial charge in [-0.2, -0.15) is 0 Å². The first-order valence-corrected chi connectivity index (χ1v) is 6.16. The van der Waals surface area contributed by atoms with Crippen LogP contribution >= 0.6 is 15.9 Å². The summed E-state index contributed by atoms with van der Waals surface area (Å²) in [5.74, 6) is -0.0747. The molecule has 0 atom stereocenters. The van der Waals surface area contributed by atoms with Crippen molar-refractivity contribution in [3.8, 4) is 5.75 Å². The van der Waals surface area contributed by atoms with Gasteiger partial charge in [0.25, 0.3) is 16.4 Å². The third-order valence-electron chi connectivity index (χ3n) is 1.63. The van der Waals surface area contributed by atoms with Gasteiger partial charge < -0.3 is 4.74 Å². The molecule has 1 rings (SSSR count). The highest BCUT2D eigenvalue weighted by Crippen LogP contribution is 2.33. The summed E-state index contributed by atoms with van der Waals surface area (Å²) in [6, 6.07) is 0.934. The molecule has 9 heteroatoms. The van der Waals surface area contributed by atoms with Crippen molar-refractivity contribution >= 4 is 26.0 Å². The SMILES string of the molecule is COc1cc(C(F)F)nc(S(N)(=O)=O)c1Br. The molecule has 0 aliphatic heterocycles. The molecule has 2 N–H and O–H groups in total. The van der Waals surface area contributed by atoms with E-state index in [0.717, 1.165) is 6.07 Å². The molecule has 0 aliphatic rings. The van der Waals surface area contributed by atoms with Crippen LogP contribution in [0.5, 0.6) is 5.75 Å². The third-order valence-corrected chi connectivity index (χ3v) is 3.49. The number of hydrogen-bond acceptors (Lipinski definition) is 4. The van der Waals surface area contributed by atoms with E-state index in [4.69, 9.17) is 9.88 Å². The maximum absolute atomic E-state index is 12.4. The van der Waals surface area contributed by atoms with Crippen molar-refractivity contribution in [1.29, 1.82) is 0 Å². The molecule has 0 radical (unpaired) electrons. The van der Waals surface area contributed by atoms with E-state index in [9.17, 15) is 17.2 Å². The van der Waals surface area contributed by atoms with Crippen molar-refractivity contribution in [3.05, 3.63) is 16.2 Å². The van der Waals surface area contributed by atoms with Crippen LogP contribution in [0.4, 0.5) is 8.78 Å². The molecule has 0 amide bonds. The molecule has 0 fully saturated rings. The summed E-state index contributed by atoms with van der Waals surface area (Å²) >= 11 is 2.87. The predicted octanol–water partition coefficient (Wildman–Crippen LogP) is 1.44. The minimum Gasteiger partial charge on any atom is -0.495 e. The van der Waals surface area contributed by atoms with Crippen molar-refractivity contribution in [2.45, 2.75) is 11.5 Å². The fourth-order valence-corrected chi connectivity index (χ4v) is 2.58. The van der Waals surface area contributed by atoms with Gasteiger partial charge in [0.1, 0.15) is 11.4 Å². The first-order valence-electron chi connectivity index (χ1n) is 3.82. The molecule has 0 aromatic carbocycles. The van der Waals surface area contributed by atoms with Crippen molar-refractivity contribution in [1.82, 2.24) is 4.98 Å². The molecular weight excluding hydrogens is 310 g/mol. The summed E-state index contributed by atoms with van der Waals surface area (Å²) in [5.41, 5.74) is -0.718. The second kappa shape index (κ2) is 4.60. The molecule has 5 nitrogen and oxygen atoms in total. The zero-order valence-electron chi connectivity index (χ0n) is 7.95. The lowest BCUT2D eigenvalue weighted by molar-refractivity contribution is 0.144. The minimum absolute atomic E-state index is 0.0747. The van der Waals surface area contributed by atoms with Crippen LogP contribution in [-0.2, 0) is 10.0 Å². The Morgan fingerprint density at radius 1 is 1.56 bits per heavy atom. The van der Waals surface area contributed by atoms with Crippen molar-refractivity contribution in [3.63, 3.8) is 0 Å². The molecule has 1 aromatic heterocycles. The van der Waals surface area contributed by atoms with Crippen LogP contribution in [0.2, 0.25) is 0 Å². The average Bonchev–Trinajstić information content (AvgIpc) is 2.15. The second-order valence-corrected chi connectivity index (χ2v) is 4.98. The van der Waals surface area contributed by atoms with Crippen LogP contribution in [-0.4, -0.2) is 20.5 Å². The Hall–Kier alpha value is -0.800. The number of rotatable bonds is 3. The van der Waals surface area contributed by atoms with E-state index in [1.807, 2.05) is 0 Å². The smallest absolute Gasteiger partial charge is 0.280 e. The number of hydrogen-bond donors (Lipinski definition) is 1. The van der Waals surface area contributed by atoms with Gasteiger partial charge in [-0.1, -0.05) is 0 Å². The molecule has 0 saturated heterocycles. The molecule has 0 saturated carbocycles. The number of nitrogens with zero attached hydrogens (tertiary/aromatic N) is 1. The highest BCUT2D eigenvalue weighted by Gasteiger charge is 2.22. The van der Waals surface area contributed by atoms with Gasteiger partial charge in [-0.25, -0.2) is 27.3 Å². The quantitative estimate of drug-likeness (QED) is 0.914. The largest absolute Gasteiger partial charge is 0.495 e. The first-order chi connectivity index (χ1) is 7.27. The van der Waals surface area contributed by atoms with Crippen LogP contribution in [0.25, 0.3) is 0 Å². The zero-order chi connectivity index (χ0) is 12.5. The summed E-state index contributed by atoms with van der Waals surface area (Å²) < 4.78 is 51.6. The lowest BCUT2D eigenvalue weighted by atomic mass is 10.3. The van der Waals surface area contributed by atoms with Crippen molar-refractivity contribution in [2.24, 2.45) is 5.14 Å². The Kier molecular flexibility index (Phi) is 3.81. The Morgan fingerprint density at radius 3 is 2.50 bits per heavy atom. The van der Waals surface area contributed by atoms with E-state index >= 15 is 0 Å². The molecule has 1 heterocycles. The lowest BCUT2D eigenvalue weighted by Gasteiger charge is -2.09. The molecule has 0 bridgehead atoms. The van der Waals surface area contributed by atoms with Gasteiger partial charge in [0, 0.05) is 6.07 Å². The third kappa shape index (κ3) is 2.66. The standard InChI is InChI=1S/C7H7BrF2N2O3S/c1-15-4-2-3(6(9)10)12-7(5(4)8)16(11,13)14/h2,6H,1H3,(H2,11,13,14). The predicted molar refractivity (Wildman–Crippen MR) is 54.8 cm³/mol. The van der Waals surface area contributed by atoms with E-state index in [1.54, 1.807) is 0 Å². The highest BCUT2D eigenvalue weighted by atomic mass is 79.9. The Morgan fingerprint density at radius 2 is 2.12 bits per heavy atom. The summed E-state index contributed by atoms with van der Waals surface area (Å²) in [6.07, 6.45) is -2.91. The molecule has 0 spiro atoms. The van der Waals surface area contributed by atoms with E-state index in [2.05, 4.69) is 20.9 Å². The first kappa shape index (κ1) is 13.3. The van der Waals surface area contributed by atoms with Gasteiger partial charge in [0.2, 0.25) is 0 Å². The normalized spacial score (nSPS) is 11.9. The van der Waals surface area contributed by atoms with Crippen LogP contribution < -0.4 is 9.88 Å². The van der Waals surface area contributed by atoms with E-state index in [0.29, 0.717) is 0 Å². The van der Waals surface area contributed by atoms with E-state index in [-0.39, 0.29) is 10.2 Å². The zero-order valence-corrected chi connectivity index (χ0v) is 10.3. The molecular formula is C7H7BrF2N2O3S. The number of halogens is 3. The number of ether oxygens (including phenoxy) is 1. The molecule has 1 aromatic rings. The van der Waals surface area contributed by atoms with E-state index < -0.39 is 27.2 Å². The monoisotopic (exact) mass is 316 g/mol. The van der Waals surface area contributed by atoms with Crippen LogP contribution in [0, 0.1) is 0 Å². The van der Waals surface area contributed by atoms with Crippen molar-refractivity contribution < 1.29 is 21.9 Å². The fraction of sp³-hybridized carbons (Fsp3) is 0.286. The minimum atomic E-state index is -4.19. The Balaban J connectivity index is 3.55. The van der Waals surface area contributed by atoms with E-state index in [1.165, 1.54) is 7.11 Å². The van der Waals surface area contributed by atoms with Crippen LogP contribution in [0.1, 0.15) is 12.1 Å². The summed E-state index contributed by atoms with van der Waals surface area (Å²) in [7, 11) is -2.98. The number of pyridine rings is 1. The number of alkyl halides is 2. The number of nitrogens with two attached hydrogens (primary N) is 1. The number of sulfonamides is 1. The topological polar surface area (TPSA) is 82.3 Å². The molecule has 0 aliphatic carbocycles. The molecule has 0 unspecified atom stereocenters. The Bertz CT molecular complexity index is 507. The van der Waals surface area contributed by atoms with Crippen LogP contribution in [0.15, 0.2) is 15.6 Å². The highest BCUT2D eigenvalue weighted by molar-refractivity contribution is 9.10. The summed E-state index contributed by atoms with van der Waals surface area (Å²) in [4.78, 5) is 3.26. The maximum Gasteiger partial charge on any atom is 0.280 e. The Labute approximate surface area is 98.8 Å². The van der Waals surface area contributed by atoms with Crippen LogP contribution in [0.3, 0.4) is 0 Å².